The molecule has 1 atom stereocenters. The second-order valence-electron chi connectivity index (χ2n) is 3.81. The van der Waals surface area contributed by atoms with Gasteiger partial charge in [-0.15, -0.1) is 0 Å². The third-order valence-electron chi connectivity index (χ3n) is 2.28. The highest BCUT2D eigenvalue weighted by atomic mass is 79.9. The van der Waals surface area contributed by atoms with Crippen LogP contribution in [0.4, 0.5) is 5.69 Å². The van der Waals surface area contributed by atoms with Crippen molar-refractivity contribution in [2.24, 2.45) is 0 Å². The van der Waals surface area contributed by atoms with Crippen molar-refractivity contribution in [1.29, 1.82) is 0 Å². The van der Waals surface area contributed by atoms with Gasteiger partial charge in [-0.05, 0) is 53.9 Å². The van der Waals surface area contributed by atoms with Gasteiger partial charge in [0, 0.05) is 29.9 Å². The molecule has 0 saturated carbocycles. The molecule has 0 radical (unpaired) electrons. The van der Waals surface area contributed by atoms with E-state index in [-0.39, 0.29) is 0 Å². The normalized spacial score (nSPS) is 12.5. The molecule has 15 heavy (non-hydrogen) atoms. The van der Waals surface area contributed by atoms with Gasteiger partial charge in [0.25, 0.3) is 0 Å². The van der Waals surface area contributed by atoms with Crippen LogP contribution in [0, 0.1) is 6.92 Å². The summed E-state index contributed by atoms with van der Waals surface area (Å²) >= 11 is 3.55. The van der Waals surface area contributed by atoms with E-state index in [4.69, 9.17) is 4.74 Å². The number of methoxy groups -OCH3 is 1. The van der Waals surface area contributed by atoms with E-state index >= 15 is 0 Å². The SMILES string of the molecule is COCCC(C)Nc1ccc(C)cc1Br. The third-order valence-corrected chi connectivity index (χ3v) is 2.94. The number of hydrogen-bond acceptors (Lipinski definition) is 2. The number of aryl methyl sites for hydroxylation is 1. The standard InChI is InChI=1S/C12H18BrNO/c1-9-4-5-12(11(13)8-9)14-10(2)6-7-15-3/h4-5,8,10,14H,6-7H2,1-3H3. The second-order valence-corrected chi connectivity index (χ2v) is 4.66. The highest BCUT2D eigenvalue weighted by Gasteiger charge is 2.04. The Morgan fingerprint density at radius 3 is 2.80 bits per heavy atom. The Morgan fingerprint density at radius 1 is 1.47 bits per heavy atom. The maximum atomic E-state index is 5.05. The van der Waals surface area contributed by atoms with Crippen LogP contribution in [-0.2, 0) is 4.74 Å². The minimum absolute atomic E-state index is 0.420. The summed E-state index contributed by atoms with van der Waals surface area (Å²) < 4.78 is 6.17. The molecule has 0 bridgehead atoms. The minimum atomic E-state index is 0.420. The van der Waals surface area contributed by atoms with Crippen LogP contribution in [0.25, 0.3) is 0 Å². The first-order chi connectivity index (χ1) is 7.13. The van der Waals surface area contributed by atoms with Crippen LogP contribution in [0.2, 0.25) is 0 Å². The zero-order valence-electron chi connectivity index (χ0n) is 9.51. The van der Waals surface area contributed by atoms with E-state index in [0.29, 0.717) is 6.04 Å². The number of anilines is 1. The number of benzene rings is 1. The molecule has 2 nitrogen and oxygen atoms in total. The van der Waals surface area contributed by atoms with Crippen molar-refractivity contribution < 1.29 is 4.74 Å². The van der Waals surface area contributed by atoms with E-state index in [1.165, 1.54) is 5.56 Å². The summed E-state index contributed by atoms with van der Waals surface area (Å²) in [6.07, 6.45) is 1.01. The maximum Gasteiger partial charge on any atom is 0.0486 e. The number of nitrogens with one attached hydrogen (secondary N) is 1. The molecule has 0 fully saturated rings. The van der Waals surface area contributed by atoms with Crippen molar-refractivity contribution in [1.82, 2.24) is 0 Å². The predicted molar refractivity (Wildman–Crippen MR) is 68.5 cm³/mol. The fourth-order valence-electron chi connectivity index (χ4n) is 1.37. The van der Waals surface area contributed by atoms with Crippen LogP contribution in [0.1, 0.15) is 18.9 Å². The Kier molecular flexibility index (Phi) is 5.12. The minimum Gasteiger partial charge on any atom is -0.385 e. The first-order valence-corrected chi connectivity index (χ1v) is 5.94. The molecule has 1 unspecified atom stereocenters. The first-order valence-electron chi connectivity index (χ1n) is 5.15. The number of ether oxygens (including phenoxy) is 1. The Hall–Kier alpha value is -0.540. The largest absolute Gasteiger partial charge is 0.385 e. The molecular weight excluding hydrogens is 254 g/mol. The van der Waals surface area contributed by atoms with Crippen LogP contribution in [0.5, 0.6) is 0 Å². The van der Waals surface area contributed by atoms with Crippen molar-refractivity contribution in [3.8, 4) is 0 Å². The van der Waals surface area contributed by atoms with Gasteiger partial charge in [0.2, 0.25) is 0 Å². The highest BCUT2D eigenvalue weighted by molar-refractivity contribution is 9.10. The second kappa shape index (κ2) is 6.13. The smallest absolute Gasteiger partial charge is 0.0486 e. The van der Waals surface area contributed by atoms with E-state index in [2.05, 4.69) is 53.3 Å². The van der Waals surface area contributed by atoms with Crippen molar-refractivity contribution in [2.75, 3.05) is 19.0 Å². The van der Waals surface area contributed by atoms with Crippen LogP contribution >= 0.6 is 15.9 Å². The van der Waals surface area contributed by atoms with Gasteiger partial charge in [-0.2, -0.15) is 0 Å². The monoisotopic (exact) mass is 271 g/mol. The molecule has 0 aromatic heterocycles. The fourth-order valence-corrected chi connectivity index (χ4v) is 1.98. The molecule has 0 saturated heterocycles. The zero-order valence-corrected chi connectivity index (χ0v) is 11.1. The first kappa shape index (κ1) is 12.5. The third kappa shape index (κ3) is 4.22. The van der Waals surface area contributed by atoms with Crippen molar-refractivity contribution in [3.05, 3.63) is 28.2 Å². The van der Waals surface area contributed by atoms with Gasteiger partial charge in [0.15, 0.2) is 0 Å². The topological polar surface area (TPSA) is 21.3 Å². The van der Waals surface area contributed by atoms with Crippen LogP contribution in [0.15, 0.2) is 22.7 Å². The summed E-state index contributed by atoms with van der Waals surface area (Å²) in [4.78, 5) is 0. The quantitative estimate of drug-likeness (QED) is 0.884. The van der Waals surface area contributed by atoms with E-state index in [9.17, 15) is 0 Å². The Bertz CT molecular complexity index is 314. The molecule has 1 rings (SSSR count). The highest BCUT2D eigenvalue weighted by Crippen LogP contribution is 2.24. The van der Waals surface area contributed by atoms with Crippen LogP contribution in [0.3, 0.4) is 0 Å². The van der Waals surface area contributed by atoms with E-state index in [1.807, 2.05) is 0 Å². The van der Waals surface area contributed by atoms with Gasteiger partial charge in [0.05, 0.1) is 0 Å². The molecule has 3 heteroatoms. The Labute approximate surface area is 100 Å². The van der Waals surface area contributed by atoms with Crippen molar-refractivity contribution in [3.63, 3.8) is 0 Å². The lowest BCUT2D eigenvalue weighted by Crippen LogP contribution is -2.17. The molecule has 0 aliphatic carbocycles. The molecule has 0 aliphatic rings. The summed E-state index contributed by atoms with van der Waals surface area (Å²) in [5.41, 5.74) is 2.40. The van der Waals surface area contributed by atoms with Gasteiger partial charge >= 0.3 is 0 Å². The Morgan fingerprint density at radius 2 is 2.20 bits per heavy atom. The summed E-state index contributed by atoms with van der Waals surface area (Å²) in [5, 5.41) is 3.45. The molecule has 1 aromatic carbocycles. The average molecular weight is 272 g/mol. The predicted octanol–water partition coefficient (Wildman–Crippen LogP) is 3.59. The van der Waals surface area contributed by atoms with Gasteiger partial charge in [-0.25, -0.2) is 0 Å². The number of halogens is 1. The molecule has 0 aliphatic heterocycles. The average Bonchev–Trinajstić information content (AvgIpc) is 2.19. The van der Waals surface area contributed by atoms with E-state index < -0.39 is 0 Å². The Balaban J connectivity index is 2.56. The van der Waals surface area contributed by atoms with E-state index in [0.717, 1.165) is 23.2 Å². The summed E-state index contributed by atoms with van der Waals surface area (Å²) in [5.74, 6) is 0. The summed E-state index contributed by atoms with van der Waals surface area (Å²) in [6, 6.07) is 6.74. The number of rotatable bonds is 5. The zero-order chi connectivity index (χ0) is 11.3. The van der Waals surface area contributed by atoms with Crippen LogP contribution in [-0.4, -0.2) is 19.8 Å². The van der Waals surface area contributed by atoms with Gasteiger partial charge in [-0.1, -0.05) is 6.07 Å². The summed E-state index contributed by atoms with van der Waals surface area (Å²) in [7, 11) is 1.73. The molecule has 1 N–H and O–H groups in total. The van der Waals surface area contributed by atoms with Gasteiger partial charge < -0.3 is 10.1 Å². The lowest BCUT2D eigenvalue weighted by Gasteiger charge is -2.16. The molecule has 84 valence electrons. The van der Waals surface area contributed by atoms with Gasteiger partial charge in [0.1, 0.15) is 0 Å². The lowest BCUT2D eigenvalue weighted by molar-refractivity contribution is 0.191. The maximum absolute atomic E-state index is 5.05. The van der Waals surface area contributed by atoms with Crippen LogP contribution < -0.4 is 5.32 Å². The van der Waals surface area contributed by atoms with Gasteiger partial charge in [-0.3, -0.25) is 0 Å². The molecule has 0 amide bonds. The fraction of sp³-hybridized carbons (Fsp3) is 0.500. The van der Waals surface area contributed by atoms with Crippen molar-refractivity contribution in [2.45, 2.75) is 26.3 Å². The molecule has 0 heterocycles. The lowest BCUT2D eigenvalue weighted by atomic mass is 10.2. The molecule has 1 aromatic rings. The molecular formula is C12H18BrNO. The summed E-state index contributed by atoms with van der Waals surface area (Å²) in [6.45, 7) is 5.03. The van der Waals surface area contributed by atoms with E-state index in [1.54, 1.807) is 7.11 Å². The van der Waals surface area contributed by atoms with Crippen molar-refractivity contribution >= 4 is 21.6 Å². The molecule has 0 spiro atoms. The number of hydrogen-bond donors (Lipinski definition) is 1.